The number of nitrogens with zero attached hydrogens (tertiary/aromatic N) is 3. The molecule has 0 unspecified atom stereocenters. The molecule has 1 aromatic carbocycles. The summed E-state index contributed by atoms with van der Waals surface area (Å²) in [6.45, 7) is 4.80. The highest BCUT2D eigenvalue weighted by Crippen LogP contribution is 2.28. The molecule has 0 aliphatic carbocycles. The van der Waals surface area contributed by atoms with Gasteiger partial charge in [0.2, 0.25) is 0 Å². The maximum Gasteiger partial charge on any atom is 0.292 e. The first-order chi connectivity index (χ1) is 13.1. The topological polar surface area (TPSA) is 63.3 Å². The predicted molar refractivity (Wildman–Crippen MR) is 107 cm³/mol. The Balaban J connectivity index is 1.46. The molecule has 1 aliphatic heterocycles. The number of aromatic nitrogens is 2. The van der Waals surface area contributed by atoms with Crippen LogP contribution in [0.3, 0.4) is 0 Å². The van der Waals surface area contributed by atoms with Gasteiger partial charge in [0.05, 0.1) is 12.2 Å². The Kier molecular flexibility index (Phi) is 5.13. The lowest BCUT2D eigenvalue weighted by atomic mass is 10.2. The first kappa shape index (κ1) is 18.0. The lowest BCUT2D eigenvalue weighted by Gasteiger charge is -2.18. The van der Waals surface area contributed by atoms with Crippen molar-refractivity contribution in [2.45, 2.75) is 25.9 Å². The van der Waals surface area contributed by atoms with E-state index in [2.05, 4.69) is 55.5 Å². The van der Waals surface area contributed by atoms with Crippen molar-refractivity contribution in [3.63, 3.8) is 0 Å². The molecule has 2 aromatic heterocycles. The standard InChI is InChI=1S/C20H21BrN4O2/c1-14-11-22-25(19(14)23-20(26)17-7-8-18(21)27-17)16-9-10-24(13-16)12-15-5-3-2-4-6-15/h2-8,11,16H,9-10,12-13H2,1H3,(H,23,26)/t16-/m0/s1. The fourth-order valence-corrected chi connectivity index (χ4v) is 3.79. The number of rotatable bonds is 5. The zero-order valence-corrected chi connectivity index (χ0v) is 16.6. The molecule has 1 N–H and O–H groups in total. The van der Waals surface area contributed by atoms with E-state index in [9.17, 15) is 4.79 Å². The van der Waals surface area contributed by atoms with Crippen molar-refractivity contribution in [2.75, 3.05) is 18.4 Å². The van der Waals surface area contributed by atoms with E-state index in [1.54, 1.807) is 18.3 Å². The number of carbonyl (C=O) groups is 1. The Bertz CT molecular complexity index is 935. The molecule has 1 amide bonds. The SMILES string of the molecule is Cc1cnn([C@H]2CCN(Cc3ccccc3)C2)c1NC(=O)c1ccc(Br)o1. The van der Waals surface area contributed by atoms with Gasteiger partial charge in [-0.1, -0.05) is 30.3 Å². The molecule has 0 spiro atoms. The molecular formula is C20H21BrN4O2. The van der Waals surface area contributed by atoms with Crippen molar-refractivity contribution in [3.8, 4) is 0 Å². The van der Waals surface area contributed by atoms with E-state index in [0.717, 1.165) is 37.4 Å². The molecule has 7 heteroatoms. The Hall–Kier alpha value is -2.38. The van der Waals surface area contributed by atoms with Gasteiger partial charge in [0.1, 0.15) is 5.82 Å². The van der Waals surface area contributed by atoms with Gasteiger partial charge in [0.25, 0.3) is 5.91 Å². The summed E-state index contributed by atoms with van der Waals surface area (Å²) in [6, 6.07) is 14.1. The minimum Gasteiger partial charge on any atom is -0.444 e. The molecular weight excluding hydrogens is 408 g/mol. The number of likely N-dealkylation sites (tertiary alicyclic amines) is 1. The molecule has 3 heterocycles. The third kappa shape index (κ3) is 3.99. The van der Waals surface area contributed by atoms with Crippen LogP contribution in [-0.4, -0.2) is 33.7 Å². The molecule has 3 aromatic rings. The number of amides is 1. The first-order valence-electron chi connectivity index (χ1n) is 8.97. The highest BCUT2D eigenvalue weighted by Gasteiger charge is 2.27. The molecule has 1 fully saturated rings. The van der Waals surface area contributed by atoms with E-state index in [1.165, 1.54) is 5.56 Å². The Morgan fingerprint density at radius 2 is 2.11 bits per heavy atom. The number of nitrogens with one attached hydrogen (secondary N) is 1. The van der Waals surface area contributed by atoms with Crippen LogP contribution < -0.4 is 5.32 Å². The van der Waals surface area contributed by atoms with Crippen molar-refractivity contribution in [2.24, 2.45) is 0 Å². The highest BCUT2D eigenvalue weighted by atomic mass is 79.9. The maximum absolute atomic E-state index is 12.5. The lowest BCUT2D eigenvalue weighted by Crippen LogP contribution is -2.23. The Morgan fingerprint density at radius 1 is 1.30 bits per heavy atom. The van der Waals surface area contributed by atoms with Gasteiger partial charge >= 0.3 is 0 Å². The maximum atomic E-state index is 12.5. The molecule has 27 heavy (non-hydrogen) atoms. The van der Waals surface area contributed by atoms with Crippen molar-refractivity contribution >= 4 is 27.7 Å². The fraction of sp³-hybridized carbons (Fsp3) is 0.300. The van der Waals surface area contributed by atoms with Crippen LogP contribution in [0.25, 0.3) is 0 Å². The molecule has 1 saturated heterocycles. The van der Waals surface area contributed by atoms with Gasteiger partial charge < -0.3 is 9.73 Å². The van der Waals surface area contributed by atoms with Crippen LogP contribution in [-0.2, 0) is 6.54 Å². The van der Waals surface area contributed by atoms with Crippen LogP contribution in [0.5, 0.6) is 0 Å². The minimum absolute atomic E-state index is 0.237. The predicted octanol–water partition coefficient (Wildman–Crippen LogP) is 4.25. The summed E-state index contributed by atoms with van der Waals surface area (Å²) in [4.78, 5) is 14.9. The van der Waals surface area contributed by atoms with E-state index in [0.29, 0.717) is 4.67 Å². The van der Waals surface area contributed by atoms with Gasteiger partial charge in [-0.25, -0.2) is 4.68 Å². The van der Waals surface area contributed by atoms with Crippen molar-refractivity contribution in [1.29, 1.82) is 0 Å². The number of benzene rings is 1. The monoisotopic (exact) mass is 428 g/mol. The van der Waals surface area contributed by atoms with Crippen LogP contribution in [0.15, 0.2) is 57.7 Å². The van der Waals surface area contributed by atoms with Gasteiger partial charge in [-0.05, 0) is 47.0 Å². The second-order valence-corrected chi connectivity index (χ2v) is 7.62. The summed E-state index contributed by atoms with van der Waals surface area (Å²) in [7, 11) is 0. The first-order valence-corrected chi connectivity index (χ1v) is 9.76. The van der Waals surface area contributed by atoms with Crippen LogP contribution in [0, 0.1) is 6.92 Å². The quantitative estimate of drug-likeness (QED) is 0.659. The average molecular weight is 429 g/mol. The number of carbonyl (C=O) groups excluding carboxylic acids is 1. The van der Waals surface area contributed by atoms with E-state index < -0.39 is 0 Å². The summed E-state index contributed by atoms with van der Waals surface area (Å²) in [5, 5.41) is 7.48. The zero-order valence-electron chi connectivity index (χ0n) is 15.1. The van der Waals surface area contributed by atoms with Crippen LogP contribution in [0.4, 0.5) is 5.82 Å². The lowest BCUT2D eigenvalue weighted by molar-refractivity contribution is 0.0994. The third-order valence-electron chi connectivity index (χ3n) is 4.85. The van der Waals surface area contributed by atoms with Gasteiger partial charge in [-0.15, -0.1) is 0 Å². The normalized spacial score (nSPS) is 17.3. The summed E-state index contributed by atoms with van der Waals surface area (Å²) < 4.78 is 7.82. The fourth-order valence-electron chi connectivity index (χ4n) is 3.48. The highest BCUT2D eigenvalue weighted by molar-refractivity contribution is 9.10. The van der Waals surface area contributed by atoms with Crippen LogP contribution >= 0.6 is 15.9 Å². The van der Waals surface area contributed by atoms with Gasteiger partial charge in [0, 0.05) is 25.2 Å². The van der Waals surface area contributed by atoms with Crippen LogP contribution in [0.2, 0.25) is 0 Å². The van der Waals surface area contributed by atoms with Crippen molar-refractivity contribution < 1.29 is 9.21 Å². The second-order valence-electron chi connectivity index (χ2n) is 6.84. The largest absolute Gasteiger partial charge is 0.444 e. The molecule has 1 atom stereocenters. The second kappa shape index (κ2) is 7.70. The zero-order chi connectivity index (χ0) is 18.8. The summed E-state index contributed by atoms with van der Waals surface area (Å²) in [5.41, 5.74) is 2.25. The van der Waals surface area contributed by atoms with Crippen molar-refractivity contribution in [1.82, 2.24) is 14.7 Å². The van der Waals surface area contributed by atoms with Gasteiger partial charge in [-0.3, -0.25) is 9.69 Å². The molecule has 1 aliphatic rings. The van der Waals surface area contributed by atoms with E-state index in [4.69, 9.17) is 4.42 Å². The smallest absolute Gasteiger partial charge is 0.292 e. The Morgan fingerprint density at radius 3 is 2.85 bits per heavy atom. The average Bonchev–Trinajstić information content (AvgIpc) is 3.38. The third-order valence-corrected chi connectivity index (χ3v) is 5.28. The number of anilines is 1. The van der Waals surface area contributed by atoms with E-state index in [1.807, 2.05) is 17.7 Å². The van der Waals surface area contributed by atoms with E-state index in [-0.39, 0.29) is 17.7 Å². The number of furan rings is 1. The number of halogens is 1. The number of hydrogen-bond donors (Lipinski definition) is 1. The van der Waals surface area contributed by atoms with Crippen molar-refractivity contribution in [3.05, 3.63) is 70.2 Å². The molecule has 0 radical (unpaired) electrons. The van der Waals surface area contributed by atoms with Gasteiger partial charge in [0.15, 0.2) is 10.4 Å². The van der Waals surface area contributed by atoms with Crippen LogP contribution in [0.1, 0.15) is 34.1 Å². The molecule has 140 valence electrons. The van der Waals surface area contributed by atoms with Gasteiger partial charge in [-0.2, -0.15) is 5.10 Å². The van der Waals surface area contributed by atoms with E-state index >= 15 is 0 Å². The summed E-state index contributed by atoms with van der Waals surface area (Å²) in [6.07, 6.45) is 2.80. The summed E-state index contributed by atoms with van der Waals surface area (Å²) in [5.74, 6) is 0.731. The Labute approximate surface area is 166 Å². The minimum atomic E-state index is -0.273. The molecule has 0 bridgehead atoms. The molecule has 0 saturated carbocycles. The summed E-state index contributed by atoms with van der Waals surface area (Å²) >= 11 is 3.23. The number of aryl methyl sites for hydroxylation is 1. The number of hydrogen-bond acceptors (Lipinski definition) is 4. The molecule has 4 rings (SSSR count). The molecule has 6 nitrogen and oxygen atoms in total.